The Morgan fingerprint density at radius 3 is 1.28 bits per heavy atom. The molecule has 5 nitrogen and oxygen atoms in total. The minimum Gasteiger partial charge on any atom is -0.449 e. The second-order valence-electron chi connectivity index (χ2n) is 35.6. The van der Waals surface area contributed by atoms with E-state index >= 15 is 0 Å². The molecule has 6 aromatic heterocycles. The van der Waals surface area contributed by atoms with Crippen molar-refractivity contribution in [3.05, 3.63) is 262 Å². The highest BCUT2D eigenvalue weighted by Crippen LogP contribution is 2.54. The maximum Gasteiger partial charge on any atom is 0.262 e. The number of pyridine rings is 2. The minimum absolute atomic E-state index is 0.375. The molecule has 0 saturated carbocycles. The number of furan rings is 1. The third-order valence-corrected chi connectivity index (χ3v) is 26.8. The van der Waals surface area contributed by atoms with Crippen molar-refractivity contribution in [3.63, 3.8) is 0 Å². The van der Waals surface area contributed by atoms with Crippen molar-refractivity contribution in [3.8, 4) is 55.6 Å². The Balaban J connectivity index is 0.000000152. The fourth-order valence-electron chi connectivity index (χ4n) is 20.5. The molecule has 0 spiro atoms. The standard InChI is InChI=1S/C56H57N2O.C50H47N2S/c1-30(2)37-16-12-15-35(11)49(37)45-28-46-44-27-36(50-38(31(3)4)17-13-18-39(50)32(5)6)21-23-47(44)58-29-57-26-25-43(51-40(33(7)8)19-14-20-41(51)34(9)10)56-55(57)53-48(59-56)24-22-42(45)52(53)54(46)58;1-27(2)32-15-11-16-33(28(3)4)43(32)31-19-21-41-40(25-31)45-37-14-10-9-13-36(37)38-20-22-42-47-46(38)48(45)52(41)26-51-24-23-39(50(53-42)49(47)51)44-34(29(5)6)17-12-18-35(44)30(7)8/h12-28,30-34H,29H2,1-11H3;9-25,27-30H,26H2,1-8H3/q2*+1. The third kappa shape index (κ3) is 10.7. The van der Waals surface area contributed by atoms with Crippen molar-refractivity contribution in [1.29, 1.82) is 0 Å². The second kappa shape index (κ2) is 26.8. The summed E-state index contributed by atoms with van der Waals surface area (Å²) < 4.78 is 20.2. The van der Waals surface area contributed by atoms with Gasteiger partial charge in [0.2, 0.25) is 24.4 Å². The summed E-state index contributed by atoms with van der Waals surface area (Å²) >= 11 is 1.98. The Hall–Kier alpha value is -10.7. The number of rotatable bonds is 14. The van der Waals surface area contributed by atoms with Gasteiger partial charge < -0.3 is 4.42 Å². The number of nitrogens with zero attached hydrogens (tertiary/aromatic N) is 4. The fourth-order valence-corrected chi connectivity index (χ4v) is 21.7. The molecule has 20 rings (SSSR count). The average molecular weight is 1480 g/mol. The van der Waals surface area contributed by atoms with E-state index in [0.717, 1.165) is 17.8 Å². The molecule has 0 N–H and O–H groups in total. The van der Waals surface area contributed by atoms with Gasteiger partial charge in [-0.05, 0) is 230 Å². The molecule has 0 saturated heterocycles. The largest absolute Gasteiger partial charge is 0.449 e. The summed E-state index contributed by atoms with van der Waals surface area (Å²) in [6.07, 6.45) is 4.72. The zero-order valence-electron chi connectivity index (χ0n) is 68.8. The molecular weight excluding hydrogens is 1380 g/mol. The highest BCUT2D eigenvalue weighted by atomic mass is 32.1. The number of hydrogen-bond donors (Lipinski definition) is 0. The van der Waals surface area contributed by atoms with Crippen LogP contribution in [0, 0.1) is 6.92 Å². The second-order valence-corrected chi connectivity index (χ2v) is 36.6. The monoisotopic (exact) mass is 1480 g/mol. The van der Waals surface area contributed by atoms with E-state index in [2.05, 4.69) is 356 Å². The van der Waals surface area contributed by atoms with Gasteiger partial charge in [0, 0.05) is 60.3 Å². The highest BCUT2D eigenvalue weighted by Gasteiger charge is 2.36. The van der Waals surface area contributed by atoms with Crippen molar-refractivity contribution in [1.82, 2.24) is 9.13 Å². The van der Waals surface area contributed by atoms with Crippen LogP contribution in [0.2, 0.25) is 0 Å². The number of hydrogen-bond acceptors (Lipinski definition) is 2. The van der Waals surface area contributed by atoms with Gasteiger partial charge in [0.1, 0.15) is 15.7 Å². The molecule has 18 aromatic rings. The van der Waals surface area contributed by atoms with Gasteiger partial charge in [-0.2, -0.15) is 9.13 Å². The molecule has 0 atom stereocenters. The Morgan fingerprint density at radius 2 is 0.741 bits per heavy atom. The molecule has 558 valence electrons. The summed E-state index contributed by atoms with van der Waals surface area (Å²) in [6.45, 7) is 45.7. The first-order valence-corrected chi connectivity index (χ1v) is 42.4. The molecule has 112 heavy (non-hydrogen) atoms. The first-order chi connectivity index (χ1) is 54.0. The van der Waals surface area contributed by atoms with E-state index in [9.17, 15) is 0 Å². The third-order valence-electron chi connectivity index (χ3n) is 25.7. The van der Waals surface area contributed by atoms with Crippen LogP contribution in [0.25, 0.3) is 174 Å². The molecule has 12 aromatic carbocycles. The van der Waals surface area contributed by atoms with Crippen LogP contribution in [0.4, 0.5) is 0 Å². The maximum atomic E-state index is 7.20. The molecule has 0 radical (unpaired) electrons. The van der Waals surface area contributed by atoms with Gasteiger partial charge in [-0.1, -0.05) is 258 Å². The zero-order chi connectivity index (χ0) is 77.6. The van der Waals surface area contributed by atoms with E-state index in [1.807, 2.05) is 11.3 Å². The predicted octanol–water partition coefficient (Wildman–Crippen LogP) is 30.3. The lowest BCUT2D eigenvalue weighted by Crippen LogP contribution is -2.37. The predicted molar refractivity (Wildman–Crippen MR) is 481 cm³/mol. The minimum atomic E-state index is 0.375. The maximum absolute atomic E-state index is 7.20. The van der Waals surface area contributed by atoms with Crippen molar-refractivity contribution < 1.29 is 13.6 Å². The Morgan fingerprint density at radius 1 is 0.312 bits per heavy atom. The lowest BCUT2D eigenvalue weighted by atomic mass is 9.84. The summed E-state index contributed by atoms with van der Waals surface area (Å²) in [7, 11) is 0. The lowest BCUT2D eigenvalue weighted by molar-refractivity contribution is -0.674. The SMILES string of the molecule is CC(C)c1cccc(C(C)C)c1-c1ccc2c(c1)c1c3ccccc3c3ccc4sc5c(-c6c(C(C)C)cccc6C(C)C)cc[n+]6c5c4c3c1n2C6.Cc1cccc(C(C)C)c1-c1cc2c3cc(-c4c(C(C)C)cccc4C(C)C)ccc3n3c2c2c1ccc1oc4c(-c5c(C(C)C)cccc5C(C)C)cc[n+](c4c12)C3. The van der Waals surface area contributed by atoms with Crippen LogP contribution in [0.15, 0.2) is 211 Å². The van der Waals surface area contributed by atoms with Crippen LogP contribution in [0.1, 0.15) is 234 Å². The van der Waals surface area contributed by atoms with Crippen molar-refractivity contribution in [2.75, 3.05) is 0 Å². The number of thiophene rings is 1. The normalized spacial score (nSPS) is 13.1. The molecule has 0 amide bonds. The van der Waals surface area contributed by atoms with Gasteiger partial charge in [0.15, 0.2) is 12.4 Å². The van der Waals surface area contributed by atoms with Gasteiger partial charge in [-0.25, -0.2) is 0 Å². The Kier molecular flexibility index (Phi) is 17.1. The lowest BCUT2D eigenvalue weighted by Gasteiger charge is -2.20. The molecule has 2 aliphatic heterocycles. The van der Waals surface area contributed by atoms with Crippen molar-refractivity contribution in [2.45, 2.75) is 198 Å². The Bertz CT molecular complexity index is 6900. The summed E-state index contributed by atoms with van der Waals surface area (Å²) in [5, 5.41) is 16.0. The fraction of sp³-hybridized carbons (Fsp3) is 0.283. The van der Waals surface area contributed by atoms with E-state index in [4.69, 9.17) is 4.42 Å². The molecule has 0 unspecified atom stereocenters. The van der Waals surface area contributed by atoms with E-state index in [0.29, 0.717) is 59.9 Å². The average Bonchev–Trinajstić information content (AvgIpc) is 1.52. The van der Waals surface area contributed by atoms with E-state index in [1.54, 1.807) is 0 Å². The van der Waals surface area contributed by atoms with E-state index < -0.39 is 0 Å². The zero-order valence-corrected chi connectivity index (χ0v) is 69.7. The van der Waals surface area contributed by atoms with Gasteiger partial charge in [0.05, 0.1) is 27.5 Å². The Labute approximate surface area is 663 Å². The van der Waals surface area contributed by atoms with Gasteiger partial charge >= 0.3 is 0 Å². The molecule has 2 aliphatic rings. The topological polar surface area (TPSA) is 30.8 Å². The summed E-state index contributed by atoms with van der Waals surface area (Å²) in [5.41, 5.74) is 37.1. The van der Waals surface area contributed by atoms with Crippen LogP contribution < -0.4 is 9.13 Å². The summed E-state index contributed by atoms with van der Waals surface area (Å²) in [6, 6.07) is 75.0. The van der Waals surface area contributed by atoms with E-state index in [1.165, 1.54) is 218 Å². The number of benzene rings is 12. The molecule has 0 aliphatic carbocycles. The van der Waals surface area contributed by atoms with Crippen LogP contribution in [-0.2, 0) is 13.3 Å². The summed E-state index contributed by atoms with van der Waals surface area (Å²) in [5.74, 6) is 3.69. The van der Waals surface area contributed by atoms with Crippen molar-refractivity contribution >= 4 is 130 Å². The molecule has 6 heteroatoms. The van der Waals surface area contributed by atoms with Gasteiger partial charge in [0.25, 0.3) is 5.52 Å². The van der Waals surface area contributed by atoms with Crippen LogP contribution >= 0.6 is 11.3 Å². The summed E-state index contributed by atoms with van der Waals surface area (Å²) in [4.78, 5) is 0. The first-order valence-electron chi connectivity index (χ1n) is 41.6. The number of aryl methyl sites for hydroxylation is 1. The van der Waals surface area contributed by atoms with Crippen molar-refractivity contribution in [2.24, 2.45) is 0 Å². The molecule has 0 bridgehead atoms. The smallest absolute Gasteiger partial charge is 0.262 e. The van der Waals surface area contributed by atoms with Crippen LogP contribution in [-0.4, -0.2) is 9.13 Å². The molecular formula is C106H104N4OS+2. The molecule has 8 heterocycles. The van der Waals surface area contributed by atoms with Gasteiger partial charge in [-0.3, -0.25) is 9.13 Å². The first kappa shape index (κ1) is 71.6. The van der Waals surface area contributed by atoms with Crippen LogP contribution in [0.5, 0.6) is 0 Å². The highest BCUT2D eigenvalue weighted by molar-refractivity contribution is 7.26. The van der Waals surface area contributed by atoms with Gasteiger partial charge in [-0.15, -0.1) is 11.3 Å². The van der Waals surface area contributed by atoms with Crippen LogP contribution in [0.3, 0.4) is 0 Å². The number of fused-ring (bicyclic) bond motifs is 9. The quantitative estimate of drug-likeness (QED) is 0.0788. The molecule has 0 fully saturated rings. The number of aromatic nitrogens is 4. The van der Waals surface area contributed by atoms with E-state index in [-0.39, 0.29) is 0 Å².